The summed E-state index contributed by atoms with van der Waals surface area (Å²) in [5.41, 5.74) is 6.73. The van der Waals surface area contributed by atoms with Gasteiger partial charge in [-0.25, -0.2) is 5.14 Å². The molecule has 0 atom stereocenters. The molecule has 0 saturated heterocycles. The maximum absolute atomic E-state index is 11.3. The van der Waals surface area contributed by atoms with Crippen LogP contribution in [0.15, 0.2) is 23.1 Å². The first-order valence-electron chi connectivity index (χ1n) is 4.31. The molecule has 5 nitrogen and oxygen atoms in total. The van der Waals surface area contributed by atoms with Crippen LogP contribution in [-0.2, 0) is 10.2 Å². The first-order valence-corrected chi connectivity index (χ1v) is 6.80. The molecule has 0 radical (unpaired) electrons. The van der Waals surface area contributed by atoms with E-state index in [0.29, 0.717) is 23.7 Å². The fraction of sp³-hybridized carbons (Fsp3) is 0.250. The van der Waals surface area contributed by atoms with E-state index in [0.717, 1.165) is 4.90 Å². The highest BCUT2D eigenvalue weighted by Gasteiger charge is 2.24. The normalized spacial score (nSPS) is 16.2. The second kappa shape index (κ2) is 3.58. The van der Waals surface area contributed by atoms with Crippen LogP contribution in [0.1, 0.15) is 0 Å². The molecule has 0 spiro atoms. The number of nitrogens with zero attached hydrogens (tertiary/aromatic N) is 1. The minimum absolute atomic E-state index is 0.389. The molecule has 0 saturated carbocycles. The third-order valence-electron chi connectivity index (χ3n) is 2.11. The average molecular weight is 245 g/mol. The summed E-state index contributed by atoms with van der Waals surface area (Å²) in [6, 6.07) is 5.19. The van der Waals surface area contributed by atoms with Gasteiger partial charge in [-0.2, -0.15) is 8.42 Å². The Morgan fingerprint density at radius 2 is 2.13 bits per heavy atom. The molecule has 0 aliphatic carbocycles. The van der Waals surface area contributed by atoms with E-state index in [1.807, 2.05) is 6.07 Å². The van der Waals surface area contributed by atoms with Crippen molar-refractivity contribution in [3.8, 4) is 0 Å². The molecule has 1 aliphatic heterocycles. The zero-order chi connectivity index (χ0) is 11.1. The lowest BCUT2D eigenvalue weighted by Crippen LogP contribution is -2.40. The number of nitrogens with two attached hydrogens (primary N) is 2. The Hall–Kier alpha value is -0.920. The molecule has 7 heteroatoms. The highest BCUT2D eigenvalue weighted by atomic mass is 32.2. The van der Waals surface area contributed by atoms with Crippen molar-refractivity contribution >= 4 is 33.3 Å². The highest BCUT2D eigenvalue weighted by Crippen LogP contribution is 2.36. The number of anilines is 2. The van der Waals surface area contributed by atoms with Gasteiger partial charge in [0, 0.05) is 22.9 Å². The molecule has 4 N–H and O–H groups in total. The van der Waals surface area contributed by atoms with Crippen LogP contribution in [0.3, 0.4) is 0 Å². The average Bonchev–Trinajstić information content (AvgIpc) is 2.15. The number of thioether (sulfide) groups is 1. The monoisotopic (exact) mass is 245 g/mol. The molecule has 0 aromatic heterocycles. The van der Waals surface area contributed by atoms with E-state index in [1.165, 1.54) is 4.31 Å². The summed E-state index contributed by atoms with van der Waals surface area (Å²) in [5, 5.41) is 5.12. The molecule has 1 heterocycles. The van der Waals surface area contributed by atoms with Gasteiger partial charge in [-0.05, 0) is 18.2 Å². The van der Waals surface area contributed by atoms with Crippen LogP contribution in [0, 0.1) is 0 Å². The van der Waals surface area contributed by atoms with E-state index in [-0.39, 0.29) is 0 Å². The van der Waals surface area contributed by atoms with Crippen molar-refractivity contribution in [2.75, 3.05) is 22.3 Å². The minimum Gasteiger partial charge on any atom is -0.399 e. The van der Waals surface area contributed by atoms with Crippen LogP contribution in [0.5, 0.6) is 0 Å². The molecular formula is C8H11N3O2S2. The molecular weight excluding hydrogens is 234 g/mol. The third kappa shape index (κ3) is 2.04. The van der Waals surface area contributed by atoms with Crippen LogP contribution in [0.2, 0.25) is 0 Å². The Labute approximate surface area is 92.6 Å². The Morgan fingerprint density at radius 3 is 2.80 bits per heavy atom. The van der Waals surface area contributed by atoms with E-state index in [4.69, 9.17) is 10.9 Å². The van der Waals surface area contributed by atoms with E-state index >= 15 is 0 Å². The van der Waals surface area contributed by atoms with Crippen molar-refractivity contribution in [2.45, 2.75) is 4.90 Å². The molecule has 15 heavy (non-hydrogen) atoms. The first kappa shape index (κ1) is 10.6. The molecule has 0 bridgehead atoms. The van der Waals surface area contributed by atoms with Crippen LogP contribution in [0.25, 0.3) is 0 Å². The molecule has 1 aromatic rings. The summed E-state index contributed by atoms with van der Waals surface area (Å²) in [4.78, 5) is 0.893. The lowest BCUT2D eigenvalue weighted by atomic mass is 10.3. The van der Waals surface area contributed by atoms with Gasteiger partial charge in [0.1, 0.15) is 0 Å². The molecule has 82 valence electrons. The predicted molar refractivity (Wildman–Crippen MR) is 62.0 cm³/mol. The minimum atomic E-state index is -3.69. The predicted octanol–water partition coefficient (Wildman–Crippen LogP) is 0.384. The van der Waals surface area contributed by atoms with Gasteiger partial charge >= 0.3 is 0 Å². The Balaban J connectivity index is 2.55. The van der Waals surface area contributed by atoms with E-state index in [1.54, 1.807) is 23.9 Å². The van der Waals surface area contributed by atoms with Crippen molar-refractivity contribution in [2.24, 2.45) is 5.14 Å². The van der Waals surface area contributed by atoms with Crippen molar-refractivity contribution in [3.63, 3.8) is 0 Å². The lowest BCUT2D eigenvalue weighted by Gasteiger charge is -2.28. The summed E-state index contributed by atoms with van der Waals surface area (Å²) in [5.74, 6) is 0.702. The first-order chi connectivity index (χ1) is 6.98. The number of nitrogen functional groups attached to an aromatic ring is 1. The van der Waals surface area contributed by atoms with Gasteiger partial charge in [0.05, 0.1) is 5.69 Å². The van der Waals surface area contributed by atoms with E-state index in [2.05, 4.69) is 0 Å². The van der Waals surface area contributed by atoms with Crippen LogP contribution in [0.4, 0.5) is 11.4 Å². The summed E-state index contributed by atoms with van der Waals surface area (Å²) in [7, 11) is -3.69. The number of hydrogen-bond donors (Lipinski definition) is 2. The molecule has 0 unspecified atom stereocenters. The quantitative estimate of drug-likeness (QED) is 0.700. The number of benzene rings is 1. The third-order valence-corrected chi connectivity index (χ3v) is 4.15. The van der Waals surface area contributed by atoms with Gasteiger partial charge in [-0.1, -0.05) is 0 Å². The fourth-order valence-corrected chi connectivity index (χ4v) is 3.39. The van der Waals surface area contributed by atoms with Gasteiger partial charge in [0.15, 0.2) is 0 Å². The summed E-state index contributed by atoms with van der Waals surface area (Å²) >= 11 is 1.60. The van der Waals surface area contributed by atoms with E-state index in [9.17, 15) is 8.42 Å². The fourth-order valence-electron chi connectivity index (χ4n) is 1.47. The van der Waals surface area contributed by atoms with Gasteiger partial charge in [-0.3, -0.25) is 4.31 Å². The maximum Gasteiger partial charge on any atom is 0.299 e. The zero-order valence-corrected chi connectivity index (χ0v) is 9.51. The largest absolute Gasteiger partial charge is 0.399 e. The number of fused-ring (bicyclic) bond motifs is 1. The van der Waals surface area contributed by atoms with Crippen LogP contribution < -0.4 is 15.2 Å². The van der Waals surface area contributed by atoms with Crippen molar-refractivity contribution < 1.29 is 8.42 Å². The van der Waals surface area contributed by atoms with Crippen molar-refractivity contribution in [1.82, 2.24) is 0 Å². The van der Waals surface area contributed by atoms with Gasteiger partial charge in [0.2, 0.25) is 0 Å². The zero-order valence-electron chi connectivity index (χ0n) is 7.88. The van der Waals surface area contributed by atoms with Crippen LogP contribution in [-0.4, -0.2) is 20.7 Å². The van der Waals surface area contributed by atoms with Gasteiger partial charge in [0.25, 0.3) is 10.2 Å². The molecule has 1 aliphatic rings. The number of rotatable bonds is 1. The Bertz CT molecular complexity index is 487. The lowest BCUT2D eigenvalue weighted by molar-refractivity contribution is 0.593. The molecule has 0 amide bonds. The smallest absolute Gasteiger partial charge is 0.299 e. The Kier molecular flexibility index (Phi) is 2.53. The van der Waals surface area contributed by atoms with Gasteiger partial charge < -0.3 is 5.73 Å². The topological polar surface area (TPSA) is 89.4 Å². The second-order valence-corrected chi connectivity index (χ2v) is 5.80. The van der Waals surface area contributed by atoms with Crippen molar-refractivity contribution in [1.29, 1.82) is 0 Å². The summed E-state index contributed by atoms with van der Waals surface area (Å²) in [6.07, 6.45) is 0. The number of hydrogen-bond acceptors (Lipinski definition) is 4. The summed E-state index contributed by atoms with van der Waals surface area (Å²) in [6.45, 7) is 0.389. The molecule has 2 rings (SSSR count). The van der Waals surface area contributed by atoms with Gasteiger partial charge in [-0.15, -0.1) is 11.8 Å². The van der Waals surface area contributed by atoms with Crippen molar-refractivity contribution in [3.05, 3.63) is 18.2 Å². The standard InChI is InChI=1S/C8H11N3O2S2/c9-6-1-2-8-7(5-6)11(3-4-14-8)15(10,12)13/h1-2,5H,3-4,9H2,(H2,10,12,13). The highest BCUT2D eigenvalue weighted by molar-refractivity contribution is 7.99. The van der Waals surface area contributed by atoms with Crippen LogP contribution >= 0.6 is 11.8 Å². The molecule has 0 fully saturated rings. The Morgan fingerprint density at radius 1 is 1.40 bits per heavy atom. The summed E-state index contributed by atoms with van der Waals surface area (Å²) < 4.78 is 23.8. The van der Waals surface area contributed by atoms with E-state index < -0.39 is 10.2 Å². The maximum atomic E-state index is 11.3. The molecule has 1 aromatic carbocycles. The second-order valence-electron chi connectivity index (χ2n) is 3.19. The SMILES string of the molecule is Nc1ccc2c(c1)N(S(N)(=O)=O)CCS2.